The first-order valence-electron chi connectivity index (χ1n) is 19.0. The van der Waals surface area contributed by atoms with Crippen molar-refractivity contribution in [3.05, 3.63) is 177 Å². The van der Waals surface area contributed by atoms with Crippen LogP contribution in [0, 0.1) is 11.8 Å². The van der Waals surface area contributed by atoms with Gasteiger partial charge in [-0.25, -0.2) is 0 Å². The number of benzene rings is 5. The summed E-state index contributed by atoms with van der Waals surface area (Å²) in [5.74, 6) is 9.30. The van der Waals surface area contributed by atoms with Gasteiger partial charge in [-0.05, 0) is 138 Å². The second-order valence-electron chi connectivity index (χ2n) is 17.5. The van der Waals surface area contributed by atoms with E-state index in [-0.39, 0.29) is 16.4 Å². The number of hydrogen-bond acceptors (Lipinski definition) is 2. The Kier molecular flexibility index (Phi) is 9.28. The fourth-order valence-electron chi connectivity index (χ4n) is 7.81. The van der Waals surface area contributed by atoms with Gasteiger partial charge in [0.05, 0.1) is 5.41 Å². The second kappa shape index (κ2) is 13.6. The molecule has 2 aliphatic carbocycles. The molecule has 0 N–H and O–H groups in total. The molecule has 7 rings (SSSR count). The monoisotopic (exact) mass is 696 g/mol. The molecule has 0 spiro atoms. The number of rotatable bonds is 5. The molecule has 5 aromatic rings. The summed E-state index contributed by atoms with van der Waals surface area (Å²) in [5.41, 5.74) is 11.6. The lowest BCUT2D eigenvalue weighted by molar-refractivity contribution is 0.131. The van der Waals surface area contributed by atoms with Crippen LogP contribution < -0.4 is 9.47 Å². The zero-order valence-electron chi connectivity index (χ0n) is 32.9. The van der Waals surface area contributed by atoms with Crippen LogP contribution in [0.1, 0.15) is 120 Å². The lowest BCUT2D eigenvalue weighted by Gasteiger charge is -2.35. The normalized spacial score (nSPS) is 16.8. The summed E-state index contributed by atoms with van der Waals surface area (Å²) in [5, 5.41) is 0. The average Bonchev–Trinajstić information content (AvgIpc) is 3.42. The predicted molar refractivity (Wildman–Crippen MR) is 221 cm³/mol. The first kappa shape index (κ1) is 36.1. The van der Waals surface area contributed by atoms with Gasteiger partial charge in [0.25, 0.3) is 0 Å². The fourth-order valence-corrected chi connectivity index (χ4v) is 7.81. The van der Waals surface area contributed by atoms with E-state index in [4.69, 9.17) is 9.47 Å². The van der Waals surface area contributed by atoms with Crippen molar-refractivity contribution in [2.24, 2.45) is 0 Å². The standard InChI is InChI=1S/C51H52O2/c1-48(2,3)37-23-20-35(21-24-37)18-19-36-22-33-47(46(34-36)49(4,5)6)52-40-29-25-38(26-30-40)51(39-27-31-41(32-28-39)53-50(7,8)9)44-16-12-10-14-42(44)43-15-11-13-17-45(43)51/h10,12-14,16-17,20-34H,11,15H2,1-9H3. The maximum Gasteiger partial charge on any atom is 0.131 e. The number of allylic oxidation sites excluding steroid dienone is 4. The van der Waals surface area contributed by atoms with Crippen LogP contribution >= 0.6 is 0 Å². The number of hydrogen-bond donors (Lipinski definition) is 0. The summed E-state index contributed by atoms with van der Waals surface area (Å²) >= 11 is 0. The lowest BCUT2D eigenvalue weighted by Crippen LogP contribution is -2.29. The molecule has 0 heterocycles. The van der Waals surface area contributed by atoms with Crippen LogP contribution in [0.25, 0.3) is 5.57 Å². The molecular weight excluding hydrogens is 645 g/mol. The van der Waals surface area contributed by atoms with Crippen LogP contribution in [0.4, 0.5) is 0 Å². The second-order valence-corrected chi connectivity index (χ2v) is 17.5. The molecule has 0 aliphatic heterocycles. The van der Waals surface area contributed by atoms with Crippen molar-refractivity contribution in [3.8, 4) is 29.1 Å². The van der Waals surface area contributed by atoms with Crippen molar-refractivity contribution in [1.82, 2.24) is 0 Å². The zero-order chi connectivity index (χ0) is 37.6. The first-order valence-corrected chi connectivity index (χ1v) is 19.0. The van der Waals surface area contributed by atoms with E-state index in [9.17, 15) is 0 Å². The molecule has 0 fully saturated rings. The molecule has 0 amide bonds. The highest BCUT2D eigenvalue weighted by Crippen LogP contribution is 2.57. The van der Waals surface area contributed by atoms with Crippen LogP contribution in [0.5, 0.6) is 17.2 Å². The van der Waals surface area contributed by atoms with Crippen LogP contribution in [0.2, 0.25) is 0 Å². The Balaban J connectivity index is 1.24. The molecule has 2 heteroatoms. The molecule has 53 heavy (non-hydrogen) atoms. The smallest absolute Gasteiger partial charge is 0.131 e. The molecule has 1 unspecified atom stereocenters. The minimum absolute atomic E-state index is 0.120. The third-order valence-electron chi connectivity index (χ3n) is 10.3. The average molecular weight is 697 g/mol. The quantitative estimate of drug-likeness (QED) is 0.170. The molecule has 0 saturated heterocycles. The molecule has 0 saturated carbocycles. The van der Waals surface area contributed by atoms with Gasteiger partial charge < -0.3 is 9.47 Å². The van der Waals surface area contributed by atoms with Gasteiger partial charge in [0.15, 0.2) is 0 Å². The van der Waals surface area contributed by atoms with Crippen molar-refractivity contribution >= 4 is 5.57 Å². The predicted octanol–water partition coefficient (Wildman–Crippen LogP) is 13.1. The molecular formula is C51H52O2. The van der Waals surface area contributed by atoms with Crippen LogP contribution in [-0.4, -0.2) is 5.60 Å². The van der Waals surface area contributed by atoms with E-state index in [2.05, 4.69) is 202 Å². The third-order valence-corrected chi connectivity index (χ3v) is 10.3. The van der Waals surface area contributed by atoms with E-state index < -0.39 is 5.41 Å². The van der Waals surface area contributed by atoms with E-state index in [1.54, 1.807) is 0 Å². The highest BCUT2D eigenvalue weighted by atomic mass is 16.5. The van der Waals surface area contributed by atoms with Gasteiger partial charge in [-0.2, -0.15) is 0 Å². The van der Waals surface area contributed by atoms with Gasteiger partial charge in [0.2, 0.25) is 0 Å². The SMILES string of the molecule is CC(C)(C)Oc1ccc(C2(c3ccc(Oc4ccc(C#Cc5ccc(C(C)(C)C)cc5)cc4C(C)(C)C)cc3)C3=C(CCC=C3)c3ccccc32)cc1. The Morgan fingerprint density at radius 3 is 1.83 bits per heavy atom. The van der Waals surface area contributed by atoms with E-state index in [0.29, 0.717) is 0 Å². The topological polar surface area (TPSA) is 18.5 Å². The highest BCUT2D eigenvalue weighted by molar-refractivity contribution is 5.88. The van der Waals surface area contributed by atoms with Gasteiger partial charge >= 0.3 is 0 Å². The Morgan fingerprint density at radius 2 is 1.21 bits per heavy atom. The summed E-state index contributed by atoms with van der Waals surface area (Å²) in [6.45, 7) is 19.6. The third kappa shape index (κ3) is 7.23. The Labute approximate surface area is 317 Å². The van der Waals surface area contributed by atoms with Crippen molar-refractivity contribution < 1.29 is 9.47 Å². The highest BCUT2D eigenvalue weighted by Gasteiger charge is 2.47. The largest absolute Gasteiger partial charge is 0.488 e. The van der Waals surface area contributed by atoms with E-state index in [0.717, 1.165) is 46.8 Å². The van der Waals surface area contributed by atoms with Gasteiger partial charge in [-0.3, -0.25) is 0 Å². The van der Waals surface area contributed by atoms with E-state index in [1.807, 2.05) is 0 Å². The van der Waals surface area contributed by atoms with Crippen molar-refractivity contribution in [2.45, 2.75) is 97.0 Å². The molecule has 2 nitrogen and oxygen atoms in total. The molecule has 2 aliphatic rings. The maximum atomic E-state index is 6.70. The maximum absolute atomic E-state index is 6.70. The summed E-state index contributed by atoms with van der Waals surface area (Å²) in [6.07, 6.45) is 6.79. The van der Waals surface area contributed by atoms with Crippen LogP contribution in [-0.2, 0) is 16.2 Å². The molecule has 1 atom stereocenters. The molecule has 0 bridgehead atoms. The zero-order valence-corrected chi connectivity index (χ0v) is 32.9. The number of ether oxygens (including phenoxy) is 2. The van der Waals surface area contributed by atoms with Gasteiger partial charge in [-0.1, -0.05) is 126 Å². The summed E-state index contributed by atoms with van der Waals surface area (Å²) in [7, 11) is 0. The minimum atomic E-state index is -0.453. The van der Waals surface area contributed by atoms with E-state index in [1.165, 1.54) is 39.0 Å². The number of fused-ring (bicyclic) bond motifs is 2. The molecule has 0 radical (unpaired) electrons. The van der Waals surface area contributed by atoms with E-state index >= 15 is 0 Å². The van der Waals surface area contributed by atoms with Crippen molar-refractivity contribution in [2.75, 3.05) is 0 Å². The molecule has 5 aromatic carbocycles. The van der Waals surface area contributed by atoms with Gasteiger partial charge in [0.1, 0.15) is 22.8 Å². The van der Waals surface area contributed by atoms with Crippen molar-refractivity contribution in [1.29, 1.82) is 0 Å². The van der Waals surface area contributed by atoms with Gasteiger partial charge in [-0.15, -0.1) is 0 Å². The Hall–Kier alpha value is -5.26. The molecule has 268 valence electrons. The summed E-state index contributed by atoms with van der Waals surface area (Å²) in [6, 6.07) is 41.4. The minimum Gasteiger partial charge on any atom is -0.488 e. The van der Waals surface area contributed by atoms with Gasteiger partial charge in [0, 0.05) is 16.7 Å². The summed E-state index contributed by atoms with van der Waals surface area (Å²) < 4.78 is 12.9. The Morgan fingerprint density at radius 1 is 0.604 bits per heavy atom. The molecule has 0 aromatic heterocycles. The first-order chi connectivity index (χ1) is 25.1. The van der Waals surface area contributed by atoms with Crippen LogP contribution in [0.15, 0.2) is 133 Å². The fraction of sp³-hybridized carbons (Fsp3) is 0.294. The summed E-state index contributed by atoms with van der Waals surface area (Å²) in [4.78, 5) is 0. The Bertz CT molecular complexity index is 2250. The van der Waals surface area contributed by atoms with Crippen LogP contribution in [0.3, 0.4) is 0 Å². The van der Waals surface area contributed by atoms with Crippen molar-refractivity contribution in [3.63, 3.8) is 0 Å². The lowest BCUT2D eigenvalue weighted by atomic mass is 9.66.